The Kier molecular flexibility index (Phi) is 3.48. The lowest BCUT2D eigenvalue weighted by Gasteiger charge is -2.18. The lowest BCUT2D eigenvalue weighted by molar-refractivity contribution is 0.392. The first kappa shape index (κ1) is 11.3. The molecule has 1 saturated carbocycles. The van der Waals surface area contributed by atoms with Gasteiger partial charge in [-0.2, -0.15) is 0 Å². The van der Waals surface area contributed by atoms with Gasteiger partial charge in [-0.1, -0.05) is 6.42 Å². The Morgan fingerprint density at radius 3 is 3.29 bits per heavy atom. The molecule has 1 aromatic rings. The molecule has 3 heteroatoms. The minimum Gasteiger partial charge on any atom is -0.469 e. The summed E-state index contributed by atoms with van der Waals surface area (Å²) in [6, 6.07) is 4.71. The molecule has 0 bridgehead atoms. The molecule has 1 aromatic heterocycles. The normalized spacial score (nSPS) is 31.9. The highest BCUT2D eigenvalue weighted by molar-refractivity contribution is 4.99. The molecule has 1 aliphatic heterocycles. The van der Waals surface area contributed by atoms with Crippen molar-refractivity contribution in [1.82, 2.24) is 10.6 Å². The Bertz CT molecular complexity index is 336. The van der Waals surface area contributed by atoms with Gasteiger partial charge in [0.25, 0.3) is 0 Å². The van der Waals surface area contributed by atoms with Gasteiger partial charge < -0.3 is 15.1 Å². The molecule has 0 aromatic carbocycles. The fourth-order valence-electron chi connectivity index (χ4n) is 3.45. The van der Waals surface area contributed by atoms with E-state index in [9.17, 15) is 0 Å². The number of fused-ring (bicyclic) bond motifs is 1. The summed E-state index contributed by atoms with van der Waals surface area (Å²) in [6.45, 7) is 3.38. The summed E-state index contributed by atoms with van der Waals surface area (Å²) < 4.78 is 5.32. The first-order chi connectivity index (χ1) is 8.43. The van der Waals surface area contributed by atoms with Gasteiger partial charge in [-0.3, -0.25) is 0 Å². The molecule has 1 saturated heterocycles. The second kappa shape index (κ2) is 5.23. The van der Waals surface area contributed by atoms with Crippen LogP contribution < -0.4 is 10.6 Å². The van der Waals surface area contributed by atoms with Gasteiger partial charge in [-0.05, 0) is 43.4 Å². The predicted molar refractivity (Wildman–Crippen MR) is 67.9 cm³/mol. The van der Waals surface area contributed by atoms with Crippen molar-refractivity contribution in [1.29, 1.82) is 0 Å². The second-order valence-electron chi connectivity index (χ2n) is 5.40. The lowest BCUT2D eigenvalue weighted by Crippen LogP contribution is -2.38. The Morgan fingerprint density at radius 1 is 1.41 bits per heavy atom. The van der Waals surface area contributed by atoms with E-state index in [4.69, 9.17) is 4.42 Å². The maximum absolute atomic E-state index is 5.32. The van der Waals surface area contributed by atoms with Crippen LogP contribution >= 0.6 is 0 Å². The molecule has 3 nitrogen and oxygen atoms in total. The lowest BCUT2D eigenvalue weighted by atomic mass is 9.94. The topological polar surface area (TPSA) is 37.2 Å². The van der Waals surface area contributed by atoms with Crippen molar-refractivity contribution in [2.45, 2.75) is 31.7 Å². The summed E-state index contributed by atoms with van der Waals surface area (Å²) in [6.07, 6.45) is 7.06. The van der Waals surface area contributed by atoms with Gasteiger partial charge in [0.2, 0.25) is 0 Å². The van der Waals surface area contributed by atoms with Crippen LogP contribution in [0.4, 0.5) is 0 Å². The van der Waals surface area contributed by atoms with E-state index in [0.29, 0.717) is 6.04 Å². The highest BCUT2D eigenvalue weighted by atomic mass is 16.3. The van der Waals surface area contributed by atoms with Gasteiger partial charge >= 0.3 is 0 Å². The number of furan rings is 1. The van der Waals surface area contributed by atoms with Gasteiger partial charge in [-0.25, -0.2) is 0 Å². The van der Waals surface area contributed by atoms with Crippen LogP contribution in [0.3, 0.4) is 0 Å². The van der Waals surface area contributed by atoms with Gasteiger partial charge in [-0.15, -0.1) is 0 Å². The fourth-order valence-corrected chi connectivity index (χ4v) is 3.45. The summed E-state index contributed by atoms with van der Waals surface area (Å²) in [5, 5.41) is 7.22. The van der Waals surface area contributed by atoms with Crippen molar-refractivity contribution >= 4 is 0 Å². The standard InChI is InChI=1S/C14H22N2O/c1-3-11-9-16-14(13(11)5-1)10-15-7-6-12-4-2-8-17-12/h2,4,8,11,13-16H,1,3,5-7,9-10H2. The van der Waals surface area contributed by atoms with Crippen LogP contribution in [0.5, 0.6) is 0 Å². The number of hydrogen-bond donors (Lipinski definition) is 2. The Hall–Kier alpha value is -0.800. The predicted octanol–water partition coefficient (Wildman–Crippen LogP) is 1.80. The molecule has 3 unspecified atom stereocenters. The smallest absolute Gasteiger partial charge is 0.105 e. The Labute approximate surface area is 103 Å². The van der Waals surface area contributed by atoms with Crippen LogP contribution in [0.15, 0.2) is 22.8 Å². The monoisotopic (exact) mass is 234 g/mol. The third kappa shape index (κ3) is 2.55. The second-order valence-corrected chi connectivity index (χ2v) is 5.40. The quantitative estimate of drug-likeness (QED) is 0.763. The molecule has 2 fully saturated rings. The van der Waals surface area contributed by atoms with Gasteiger partial charge in [0.1, 0.15) is 5.76 Å². The molecule has 94 valence electrons. The van der Waals surface area contributed by atoms with Crippen molar-refractivity contribution in [3.63, 3.8) is 0 Å². The maximum Gasteiger partial charge on any atom is 0.105 e. The van der Waals surface area contributed by atoms with E-state index in [1.165, 1.54) is 25.8 Å². The molecule has 0 radical (unpaired) electrons. The van der Waals surface area contributed by atoms with E-state index >= 15 is 0 Å². The third-order valence-electron chi connectivity index (χ3n) is 4.37. The molecular weight excluding hydrogens is 212 g/mol. The van der Waals surface area contributed by atoms with Crippen LogP contribution in [0.25, 0.3) is 0 Å². The fraction of sp³-hybridized carbons (Fsp3) is 0.714. The van der Waals surface area contributed by atoms with Crippen molar-refractivity contribution in [2.75, 3.05) is 19.6 Å². The summed E-state index contributed by atoms with van der Waals surface area (Å²) >= 11 is 0. The first-order valence-electron chi connectivity index (χ1n) is 6.90. The number of hydrogen-bond acceptors (Lipinski definition) is 3. The van der Waals surface area contributed by atoms with Crippen LogP contribution in [-0.2, 0) is 6.42 Å². The average molecular weight is 234 g/mol. The zero-order valence-corrected chi connectivity index (χ0v) is 10.3. The van der Waals surface area contributed by atoms with Gasteiger partial charge in [0.15, 0.2) is 0 Å². The van der Waals surface area contributed by atoms with Crippen molar-refractivity contribution < 1.29 is 4.42 Å². The van der Waals surface area contributed by atoms with Gasteiger partial charge in [0, 0.05) is 25.6 Å². The SMILES string of the molecule is c1coc(CCNCC2NCC3CCCC32)c1. The van der Waals surface area contributed by atoms with Crippen LogP contribution in [0.1, 0.15) is 25.0 Å². The first-order valence-corrected chi connectivity index (χ1v) is 6.90. The molecule has 3 rings (SSSR count). The van der Waals surface area contributed by atoms with Crippen LogP contribution in [0.2, 0.25) is 0 Å². The minimum absolute atomic E-state index is 0.708. The molecular formula is C14H22N2O. The van der Waals surface area contributed by atoms with Crippen LogP contribution in [-0.4, -0.2) is 25.7 Å². The van der Waals surface area contributed by atoms with Crippen molar-refractivity contribution in [3.8, 4) is 0 Å². The zero-order chi connectivity index (χ0) is 11.5. The summed E-state index contributed by atoms with van der Waals surface area (Å²) in [4.78, 5) is 0. The van der Waals surface area contributed by atoms with E-state index in [2.05, 4.69) is 10.6 Å². The highest BCUT2D eigenvalue weighted by Crippen LogP contribution is 2.37. The van der Waals surface area contributed by atoms with E-state index in [1.54, 1.807) is 6.26 Å². The summed E-state index contributed by atoms with van der Waals surface area (Å²) in [7, 11) is 0. The molecule has 2 N–H and O–H groups in total. The largest absolute Gasteiger partial charge is 0.469 e. The molecule has 1 aliphatic carbocycles. The number of rotatable bonds is 5. The van der Waals surface area contributed by atoms with Crippen molar-refractivity contribution in [2.24, 2.45) is 11.8 Å². The maximum atomic E-state index is 5.32. The molecule has 0 amide bonds. The third-order valence-corrected chi connectivity index (χ3v) is 4.37. The highest BCUT2D eigenvalue weighted by Gasteiger charge is 2.38. The molecule has 0 spiro atoms. The molecule has 2 aliphatic rings. The van der Waals surface area contributed by atoms with E-state index in [-0.39, 0.29) is 0 Å². The van der Waals surface area contributed by atoms with E-state index in [1.807, 2.05) is 12.1 Å². The Balaban J connectivity index is 1.37. The number of nitrogens with one attached hydrogen (secondary N) is 2. The minimum atomic E-state index is 0.708. The Morgan fingerprint density at radius 2 is 2.41 bits per heavy atom. The van der Waals surface area contributed by atoms with Crippen molar-refractivity contribution in [3.05, 3.63) is 24.2 Å². The molecule has 3 atom stereocenters. The molecule has 2 heterocycles. The zero-order valence-electron chi connectivity index (χ0n) is 10.3. The van der Waals surface area contributed by atoms with E-state index in [0.717, 1.165) is 37.1 Å². The summed E-state index contributed by atoms with van der Waals surface area (Å²) in [5.74, 6) is 2.98. The van der Waals surface area contributed by atoms with Gasteiger partial charge in [0.05, 0.1) is 6.26 Å². The molecule has 17 heavy (non-hydrogen) atoms. The summed E-state index contributed by atoms with van der Waals surface area (Å²) in [5.41, 5.74) is 0. The van der Waals surface area contributed by atoms with E-state index < -0.39 is 0 Å². The average Bonchev–Trinajstić information content (AvgIpc) is 3.03. The van der Waals surface area contributed by atoms with Crippen LogP contribution in [0, 0.1) is 11.8 Å².